The number of benzene rings is 1. The van der Waals surface area contributed by atoms with Gasteiger partial charge in [-0.25, -0.2) is 8.42 Å². The molecule has 25 heavy (non-hydrogen) atoms. The van der Waals surface area contributed by atoms with Crippen molar-refractivity contribution in [2.75, 3.05) is 26.5 Å². The van der Waals surface area contributed by atoms with E-state index < -0.39 is 9.84 Å². The van der Waals surface area contributed by atoms with Crippen molar-refractivity contribution < 1.29 is 17.9 Å². The Morgan fingerprint density at radius 1 is 1.24 bits per heavy atom. The van der Waals surface area contributed by atoms with Crippen LogP contribution in [0.15, 0.2) is 29.2 Å². The normalized spacial score (nSPS) is 30.5. The minimum Gasteiger partial charge on any atom is -0.379 e. The standard InChI is InChI=1S/C18H28N2O4S/c1-23-16-9-10-17(19-12-14-4-3-11-24-14)20-18(16)13-5-7-15(8-6-13)25(2,21)22/h5-8,14,16-20H,3-4,9-12H2,1-2H3. The van der Waals surface area contributed by atoms with E-state index in [-0.39, 0.29) is 18.3 Å². The van der Waals surface area contributed by atoms with Crippen molar-refractivity contribution >= 4 is 9.84 Å². The number of piperidine rings is 1. The molecule has 0 saturated carbocycles. The van der Waals surface area contributed by atoms with Crippen LogP contribution in [0.2, 0.25) is 0 Å². The number of sulfone groups is 1. The lowest BCUT2D eigenvalue weighted by Gasteiger charge is -2.38. The van der Waals surface area contributed by atoms with Gasteiger partial charge in [-0.1, -0.05) is 12.1 Å². The van der Waals surface area contributed by atoms with Gasteiger partial charge in [0.05, 0.1) is 29.3 Å². The predicted octanol–water partition coefficient (Wildman–Crippen LogP) is 1.62. The quantitative estimate of drug-likeness (QED) is 0.795. The highest BCUT2D eigenvalue weighted by Crippen LogP contribution is 2.28. The average molecular weight is 368 g/mol. The molecule has 6 nitrogen and oxygen atoms in total. The third-order valence-corrected chi connectivity index (χ3v) is 6.21. The van der Waals surface area contributed by atoms with Gasteiger partial charge in [-0.2, -0.15) is 0 Å². The molecular formula is C18H28N2O4S. The molecule has 0 spiro atoms. The highest BCUT2D eigenvalue weighted by Gasteiger charge is 2.31. The highest BCUT2D eigenvalue weighted by molar-refractivity contribution is 7.90. The van der Waals surface area contributed by atoms with E-state index in [1.807, 2.05) is 12.1 Å². The summed E-state index contributed by atoms with van der Waals surface area (Å²) in [6.45, 7) is 1.72. The molecule has 1 aromatic carbocycles. The van der Waals surface area contributed by atoms with Gasteiger partial charge in [0.25, 0.3) is 0 Å². The number of methoxy groups -OCH3 is 1. The topological polar surface area (TPSA) is 76.7 Å². The molecule has 1 aromatic rings. The van der Waals surface area contributed by atoms with Crippen LogP contribution in [0.25, 0.3) is 0 Å². The molecule has 140 valence electrons. The van der Waals surface area contributed by atoms with Gasteiger partial charge in [0.15, 0.2) is 9.84 Å². The van der Waals surface area contributed by atoms with Crippen LogP contribution in [0.1, 0.15) is 37.3 Å². The Morgan fingerprint density at radius 2 is 2.00 bits per heavy atom. The Morgan fingerprint density at radius 3 is 2.60 bits per heavy atom. The number of hydrogen-bond donors (Lipinski definition) is 2. The monoisotopic (exact) mass is 368 g/mol. The average Bonchev–Trinajstić information content (AvgIpc) is 3.12. The lowest BCUT2D eigenvalue weighted by Crippen LogP contribution is -2.53. The van der Waals surface area contributed by atoms with E-state index in [1.165, 1.54) is 6.26 Å². The zero-order valence-corrected chi connectivity index (χ0v) is 15.7. The molecule has 2 heterocycles. The molecule has 4 unspecified atom stereocenters. The summed E-state index contributed by atoms with van der Waals surface area (Å²) in [6.07, 6.45) is 6.02. The summed E-state index contributed by atoms with van der Waals surface area (Å²) < 4.78 is 34.6. The van der Waals surface area contributed by atoms with Crippen LogP contribution < -0.4 is 10.6 Å². The van der Waals surface area contributed by atoms with Gasteiger partial charge in [0.1, 0.15) is 0 Å². The number of rotatable bonds is 6. The molecule has 2 aliphatic rings. The third kappa shape index (κ3) is 4.80. The molecule has 2 saturated heterocycles. The van der Waals surface area contributed by atoms with Crippen molar-refractivity contribution in [2.45, 2.75) is 55.0 Å². The summed E-state index contributed by atoms with van der Waals surface area (Å²) in [5.41, 5.74) is 1.04. The van der Waals surface area contributed by atoms with Crippen LogP contribution in [0.5, 0.6) is 0 Å². The van der Waals surface area contributed by atoms with Crippen LogP contribution in [0, 0.1) is 0 Å². The number of hydrogen-bond acceptors (Lipinski definition) is 6. The minimum atomic E-state index is -3.18. The van der Waals surface area contributed by atoms with E-state index in [4.69, 9.17) is 9.47 Å². The summed E-state index contributed by atoms with van der Waals surface area (Å²) in [4.78, 5) is 0.342. The first kappa shape index (κ1) is 18.8. The molecule has 2 N–H and O–H groups in total. The van der Waals surface area contributed by atoms with Crippen molar-refractivity contribution in [3.63, 3.8) is 0 Å². The Hall–Kier alpha value is -0.990. The molecule has 2 fully saturated rings. The van der Waals surface area contributed by atoms with Crippen molar-refractivity contribution in [1.29, 1.82) is 0 Å². The minimum absolute atomic E-state index is 0.0364. The van der Waals surface area contributed by atoms with Crippen LogP contribution in [0.4, 0.5) is 0 Å². The maximum atomic E-state index is 11.6. The van der Waals surface area contributed by atoms with E-state index >= 15 is 0 Å². The van der Waals surface area contributed by atoms with Crippen molar-refractivity contribution in [1.82, 2.24) is 10.6 Å². The van der Waals surface area contributed by atoms with Crippen molar-refractivity contribution in [3.8, 4) is 0 Å². The van der Waals surface area contributed by atoms with Crippen molar-refractivity contribution in [3.05, 3.63) is 29.8 Å². The summed E-state index contributed by atoms with van der Waals surface area (Å²) in [5, 5.41) is 7.17. The van der Waals surface area contributed by atoms with E-state index in [2.05, 4.69) is 10.6 Å². The lowest BCUT2D eigenvalue weighted by molar-refractivity contribution is 0.0257. The summed E-state index contributed by atoms with van der Waals surface area (Å²) in [6, 6.07) is 7.13. The molecule has 0 aromatic heterocycles. The van der Waals surface area contributed by atoms with E-state index in [9.17, 15) is 8.42 Å². The van der Waals surface area contributed by atoms with Gasteiger partial charge in [0.2, 0.25) is 0 Å². The van der Waals surface area contributed by atoms with E-state index in [0.717, 1.165) is 44.4 Å². The predicted molar refractivity (Wildman–Crippen MR) is 96.2 cm³/mol. The van der Waals surface area contributed by atoms with Gasteiger partial charge in [-0.05, 0) is 43.4 Å². The lowest BCUT2D eigenvalue weighted by atomic mass is 9.93. The van der Waals surface area contributed by atoms with Crippen LogP contribution in [0.3, 0.4) is 0 Å². The molecule has 0 radical (unpaired) electrons. The Labute approximate surface area is 150 Å². The smallest absolute Gasteiger partial charge is 0.175 e. The maximum Gasteiger partial charge on any atom is 0.175 e. The number of nitrogens with one attached hydrogen (secondary N) is 2. The first-order valence-corrected chi connectivity index (χ1v) is 10.8. The van der Waals surface area contributed by atoms with Gasteiger partial charge < -0.3 is 9.47 Å². The fourth-order valence-electron chi connectivity index (χ4n) is 3.63. The Bertz CT molecular complexity index is 656. The van der Waals surface area contributed by atoms with Gasteiger partial charge in [-0.3, -0.25) is 10.6 Å². The second-order valence-corrected chi connectivity index (χ2v) is 8.95. The molecule has 7 heteroatoms. The molecule has 0 bridgehead atoms. The molecule has 4 atom stereocenters. The number of ether oxygens (including phenoxy) is 2. The summed E-state index contributed by atoms with van der Waals surface area (Å²) in [7, 11) is -1.45. The Kier molecular flexibility index (Phi) is 6.12. The fraction of sp³-hybridized carbons (Fsp3) is 0.667. The zero-order valence-electron chi connectivity index (χ0n) is 14.9. The largest absolute Gasteiger partial charge is 0.379 e. The second-order valence-electron chi connectivity index (χ2n) is 6.93. The van der Waals surface area contributed by atoms with Crippen LogP contribution >= 0.6 is 0 Å². The first-order chi connectivity index (χ1) is 12.0. The summed E-state index contributed by atoms with van der Waals surface area (Å²) >= 11 is 0. The van der Waals surface area contributed by atoms with E-state index in [0.29, 0.717) is 11.0 Å². The van der Waals surface area contributed by atoms with Gasteiger partial charge in [0, 0.05) is 26.5 Å². The molecular weight excluding hydrogens is 340 g/mol. The fourth-order valence-corrected chi connectivity index (χ4v) is 4.26. The van der Waals surface area contributed by atoms with Crippen LogP contribution in [-0.2, 0) is 19.3 Å². The Balaban J connectivity index is 1.66. The van der Waals surface area contributed by atoms with Crippen LogP contribution in [-0.4, -0.2) is 53.3 Å². The van der Waals surface area contributed by atoms with Crippen molar-refractivity contribution in [2.24, 2.45) is 0 Å². The summed E-state index contributed by atoms with van der Waals surface area (Å²) in [5.74, 6) is 0. The molecule has 0 aliphatic carbocycles. The third-order valence-electron chi connectivity index (χ3n) is 5.08. The SMILES string of the molecule is COC1CCC(NCC2CCCO2)NC1c1ccc(S(C)(=O)=O)cc1. The van der Waals surface area contributed by atoms with Gasteiger partial charge >= 0.3 is 0 Å². The van der Waals surface area contributed by atoms with Gasteiger partial charge in [-0.15, -0.1) is 0 Å². The molecule has 2 aliphatic heterocycles. The second kappa shape index (κ2) is 8.14. The highest BCUT2D eigenvalue weighted by atomic mass is 32.2. The molecule has 0 amide bonds. The zero-order chi connectivity index (χ0) is 17.9. The molecule has 3 rings (SSSR count). The van der Waals surface area contributed by atoms with E-state index in [1.54, 1.807) is 19.2 Å². The maximum absolute atomic E-state index is 11.6. The first-order valence-electron chi connectivity index (χ1n) is 8.91.